The van der Waals surface area contributed by atoms with Gasteiger partial charge in [0.2, 0.25) is 0 Å². The summed E-state index contributed by atoms with van der Waals surface area (Å²) >= 11 is 0. The van der Waals surface area contributed by atoms with Crippen molar-refractivity contribution >= 4 is 5.69 Å². The van der Waals surface area contributed by atoms with Gasteiger partial charge in [0.25, 0.3) is 0 Å². The van der Waals surface area contributed by atoms with E-state index < -0.39 is 0 Å². The van der Waals surface area contributed by atoms with Crippen LogP contribution in [0.2, 0.25) is 0 Å². The molecule has 3 rings (SSSR count). The van der Waals surface area contributed by atoms with Crippen molar-refractivity contribution < 1.29 is 0 Å². The van der Waals surface area contributed by atoms with E-state index in [1.165, 1.54) is 50.6 Å². The standard InChI is InChI=1S/C15H24N4/c16-8-9-17-13-10-18-15(12-6-3-7-12)19-14(13)11-4-1-2-5-11/h10-12,17H,1-9,16H2. The number of hydrogen-bond acceptors (Lipinski definition) is 4. The van der Waals surface area contributed by atoms with Crippen LogP contribution in [0.1, 0.15) is 68.3 Å². The molecule has 0 amide bonds. The Kier molecular flexibility index (Phi) is 3.97. The first kappa shape index (κ1) is 12.9. The molecule has 2 saturated carbocycles. The lowest BCUT2D eigenvalue weighted by Crippen LogP contribution is -2.18. The van der Waals surface area contributed by atoms with Crippen LogP contribution in [-0.2, 0) is 0 Å². The summed E-state index contributed by atoms with van der Waals surface area (Å²) in [5, 5.41) is 3.39. The minimum atomic E-state index is 0.615. The van der Waals surface area contributed by atoms with Crippen LogP contribution in [0.5, 0.6) is 0 Å². The molecule has 2 fully saturated rings. The second kappa shape index (κ2) is 5.87. The maximum atomic E-state index is 5.59. The zero-order valence-corrected chi connectivity index (χ0v) is 11.6. The van der Waals surface area contributed by atoms with Gasteiger partial charge in [0, 0.05) is 24.9 Å². The smallest absolute Gasteiger partial charge is 0.131 e. The molecule has 2 aliphatic carbocycles. The third-order valence-corrected chi connectivity index (χ3v) is 4.51. The fraction of sp³-hybridized carbons (Fsp3) is 0.733. The third kappa shape index (κ3) is 2.73. The first-order valence-corrected chi connectivity index (χ1v) is 7.69. The lowest BCUT2D eigenvalue weighted by molar-refractivity contribution is 0.399. The summed E-state index contributed by atoms with van der Waals surface area (Å²) in [6.07, 6.45) is 11.1. The lowest BCUT2D eigenvalue weighted by Gasteiger charge is -2.25. The molecule has 0 atom stereocenters. The van der Waals surface area contributed by atoms with E-state index in [4.69, 9.17) is 10.7 Å². The fourth-order valence-corrected chi connectivity index (χ4v) is 3.13. The summed E-state index contributed by atoms with van der Waals surface area (Å²) < 4.78 is 0. The van der Waals surface area contributed by atoms with E-state index in [-0.39, 0.29) is 0 Å². The summed E-state index contributed by atoms with van der Waals surface area (Å²) in [5.41, 5.74) is 7.95. The van der Waals surface area contributed by atoms with Crippen molar-refractivity contribution in [1.82, 2.24) is 9.97 Å². The molecule has 19 heavy (non-hydrogen) atoms. The molecule has 0 unspecified atom stereocenters. The molecular formula is C15H24N4. The first-order valence-electron chi connectivity index (χ1n) is 7.69. The van der Waals surface area contributed by atoms with E-state index in [1.807, 2.05) is 6.20 Å². The Morgan fingerprint density at radius 2 is 1.84 bits per heavy atom. The van der Waals surface area contributed by atoms with Crippen LogP contribution in [0.15, 0.2) is 6.20 Å². The van der Waals surface area contributed by atoms with Gasteiger partial charge >= 0.3 is 0 Å². The van der Waals surface area contributed by atoms with Crippen molar-refractivity contribution in [3.8, 4) is 0 Å². The Balaban J connectivity index is 1.85. The molecule has 0 aliphatic heterocycles. The average Bonchev–Trinajstić information content (AvgIpc) is 2.88. The molecule has 4 heteroatoms. The van der Waals surface area contributed by atoms with Gasteiger partial charge in [-0.15, -0.1) is 0 Å². The molecule has 1 aromatic heterocycles. The maximum absolute atomic E-state index is 5.59. The molecule has 1 heterocycles. The Morgan fingerprint density at radius 3 is 2.47 bits per heavy atom. The number of nitrogens with zero attached hydrogens (tertiary/aromatic N) is 2. The van der Waals surface area contributed by atoms with E-state index in [0.29, 0.717) is 18.4 Å². The van der Waals surface area contributed by atoms with Gasteiger partial charge in [-0.25, -0.2) is 9.97 Å². The van der Waals surface area contributed by atoms with Crippen LogP contribution >= 0.6 is 0 Å². The van der Waals surface area contributed by atoms with Crippen LogP contribution in [0, 0.1) is 0 Å². The minimum Gasteiger partial charge on any atom is -0.381 e. The van der Waals surface area contributed by atoms with Gasteiger partial charge in [-0.2, -0.15) is 0 Å². The molecular weight excluding hydrogens is 236 g/mol. The van der Waals surface area contributed by atoms with Gasteiger partial charge in [-0.1, -0.05) is 19.3 Å². The topological polar surface area (TPSA) is 63.8 Å². The predicted molar refractivity (Wildman–Crippen MR) is 77.4 cm³/mol. The summed E-state index contributed by atoms with van der Waals surface area (Å²) in [5.74, 6) is 2.32. The number of aromatic nitrogens is 2. The van der Waals surface area contributed by atoms with Crippen LogP contribution in [0.25, 0.3) is 0 Å². The van der Waals surface area contributed by atoms with Gasteiger partial charge in [-0.3, -0.25) is 0 Å². The Labute approximate surface area is 115 Å². The Morgan fingerprint density at radius 1 is 1.11 bits per heavy atom. The van der Waals surface area contributed by atoms with Crippen molar-refractivity contribution in [2.75, 3.05) is 18.4 Å². The predicted octanol–water partition coefficient (Wildman–Crippen LogP) is 2.77. The number of nitrogens with one attached hydrogen (secondary N) is 1. The highest BCUT2D eigenvalue weighted by Crippen LogP contribution is 2.39. The van der Waals surface area contributed by atoms with E-state index in [1.54, 1.807) is 0 Å². The van der Waals surface area contributed by atoms with Gasteiger partial charge in [-0.05, 0) is 25.7 Å². The Hall–Kier alpha value is -1.16. The van der Waals surface area contributed by atoms with Crippen molar-refractivity contribution in [2.45, 2.75) is 56.8 Å². The number of nitrogens with two attached hydrogens (primary N) is 1. The maximum Gasteiger partial charge on any atom is 0.131 e. The summed E-state index contributed by atoms with van der Waals surface area (Å²) in [7, 11) is 0. The largest absolute Gasteiger partial charge is 0.381 e. The van der Waals surface area contributed by atoms with E-state index in [0.717, 1.165) is 18.1 Å². The van der Waals surface area contributed by atoms with Crippen LogP contribution in [0.3, 0.4) is 0 Å². The molecule has 0 aromatic carbocycles. The van der Waals surface area contributed by atoms with E-state index in [2.05, 4.69) is 10.3 Å². The molecule has 2 aliphatic rings. The molecule has 3 N–H and O–H groups in total. The van der Waals surface area contributed by atoms with Crippen molar-refractivity contribution in [1.29, 1.82) is 0 Å². The highest BCUT2D eigenvalue weighted by molar-refractivity contribution is 5.48. The summed E-state index contributed by atoms with van der Waals surface area (Å²) in [4.78, 5) is 9.49. The Bertz CT molecular complexity index is 422. The normalized spacial score (nSPS) is 20.5. The minimum absolute atomic E-state index is 0.615. The monoisotopic (exact) mass is 260 g/mol. The van der Waals surface area contributed by atoms with Crippen molar-refractivity contribution in [2.24, 2.45) is 5.73 Å². The molecule has 1 aromatic rings. The zero-order valence-electron chi connectivity index (χ0n) is 11.6. The van der Waals surface area contributed by atoms with Gasteiger partial charge in [0.1, 0.15) is 5.82 Å². The summed E-state index contributed by atoms with van der Waals surface area (Å²) in [6.45, 7) is 1.44. The molecule has 0 radical (unpaired) electrons. The molecule has 104 valence electrons. The molecule has 0 spiro atoms. The number of rotatable bonds is 5. The SMILES string of the molecule is NCCNc1cnc(C2CCC2)nc1C1CCCC1. The van der Waals surface area contributed by atoms with Crippen LogP contribution < -0.4 is 11.1 Å². The second-order valence-electron chi connectivity index (χ2n) is 5.85. The van der Waals surface area contributed by atoms with Crippen molar-refractivity contribution in [3.63, 3.8) is 0 Å². The zero-order chi connectivity index (χ0) is 13.1. The second-order valence-corrected chi connectivity index (χ2v) is 5.85. The van der Waals surface area contributed by atoms with Gasteiger partial charge < -0.3 is 11.1 Å². The lowest BCUT2D eigenvalue weighted by atomic mass is 9.84. The van der Waals surface area contributed by atoms with E-state index >= 15 is 0 Å². The third-order valence-electron chi connectivity index (χ3n) is 4.51. The number of anilines is 1. The molecule has 0 saturated heterocycles. The molecule has 4 nitrogen and oxygen atoms in total. The highest BCUT2D eigenvalue weighted by Gasteiger charge is 2.26. The summed E-state index contributed by atoms with van der Waals surface area (Å²) in [6, 6.07) is 0. The first-order chi connectivity index (χ1) is 9.38. The average molecular weight is 260 g/mol. The fourth-order valence-electron chi connectivity index (χ4n) is 3.13. The highest BCUT2D eigenvalue weighted by atomic mass is 15.0. The molecule has 0 bridgehead atoms. The van der Waals surface area contributed by atoms with Crippen LogP contribution in [0.4, 0.5) is 5.69 Å². The van der Waals surface area contributed by atoms with Gasteiger partial charge in [0.05, 0.1) is 17.6 Å². The van der Waals surface area contributed by atoms with Crippen LogP contribution in [-0.4, -0.2) is 23.1 Å². The van der Waals surface area contributed by atoms with E-state index in [9.17, 15) is 0 Å². The van der Waals surface area contributed by atoms with Crippen molar-refractivity contribution in [3.05, 3.63) is 17.7 Å². The number of hydrogen-bond donors (Lipinski definition) is 2. The quantitative estimate of drug-likeness (QED) is 0.854. The van der Waals surface area contributed by atoms with Gasteiger partial charge in [0.15, 0.2) is 0 Å².